The molecule has 0 aliphatic carbocycles. The van der Waals surface area contributed by atoms with E-state index in [0.717, 1.165) is 4.57 Å². The number of alkyl halides is 3. The summed E-state index contributed by atoms with van der Waals surface area (Å²) in [5.74, 6) is -0.818. The fraction of sp³-hybridized carbons (Fsp3) is 0.222. The number of imidazole rings is 1. The SMILES string of the molecule is CC(C(=O)NCC(F)(F)F)n1c(=O)[nH]c2cnc(-c3c[nH]c4ncc(C#N)cc34)nc21. The smallest absolute Gasteiger partial charge is 0.345 e. The van der Waals surface area contributed by atoms with Gasteiger partial charge in [0, 0.05) is 23.3 Å². The van der Waals surface area contributed by atoms with Gasteiger partial charge in [-0.25, -0.2) is 19.7 Å². The Bertz CT molecular complexity index is 1410. The number of carbonyl (C=O) groups is 1. The van der Waals surface area contributed by atoms with Crippen LogP contribution in [0.5, 0.6) is 0 Å². The Balaban J connectivity index is 1.78. The Morgan fingerprint density at radius 3 is 2.84 bits per heavy atom. The van der Waals surface area contributed by atoms with Gasteiger partial charge in [-0.05, 0) is 13.0 Å². The lowest BCUT2D eigenvalue weighted by Crippen LogP contribution is -2.39. The molecule has 1 unspecified atom stereocenters. The highest BCUT2D eigenvalue weighted by atomic mass is 19.4. The van der Waals surface area contributed by atoms with E-state index in [1.165, 1.54) is 19.3 Å². The van der Waals surface area contributed by atoms with Crippen LogP contribution in [0.25, 0.3) is 33.6 Å². The second-order valence-corrected chi connectivity index (χ2v) is 6.67. The van der Waals surface area contributed by atoms with Gasteiger partial charge in [0.2, 0.25) is 5.91 Å². The van der Waals surface area contributed by atoms with Crippen molar-refractivity contribution in [2.24, 2.45) is 0 Å². The summed E-state index contributed by atoms with van der Waals surface area (Å²) in [7, 11) is 0. The zero-order chi connectivity index (χ0) is 22.3. The van der Waals surface area contributed by atoms with E-state index >= 15 is 0 Å². The summed E-state index contributed by atoms with van der Waals surface area (Å²) in [6, 6.07) is 2.32. The topological polar surface area (TPSA) is 145 Å². The van der Waals surface area contributed by atoms with Gasteiger partial charge in [0.05, 0.1) is 11.8 Å². The number of aromatic nitrogens is 6. The molecule has 0 bridgehead atoms. The van der Waals surface area contributed by atoms with Crippen molar-refractivity contribution >= 4 is 28.1 Å². The first-order chi connectivity index (χ1) is 14.7. The van der Waals surface area contributed by atoms with Crippen LogP contribution in [0.2, 0.25) is 0 Å². The quantitative estimate of drug-likeness (QED) is 0.450. The number of pyridine rings is 1. The molecule has 158 valence electrons. The van der Waals surface area contributed by atoms with Crippen molar-refractivity contribution in [3.05, 3.63) is 40.7 Å². The molecule has 13 heteroatoms. The molecular weight excluding hydrogens is 417 g/mol. The Kier molecular flexibility index (Phi) is 4.69. The number of nitriles is 1. The summed E-state index contributed by atoms with van der Waals surface area (Å²) in [5.41, 5.74) is 0.842. The van der Waals surface area contributed by atoms with Crippen molar-refractivity contribution in [2.75, 3.05) is 6.54 Å². The first-order valence-electron chi connectivity index (χ1n) is 8.87. The number of rotatable bonds is 4. The van der Waals surface area contributed by atoms with E-state index in [-0.39, 0.29) is 17.0 Å². The molecule has 0 aliphatic rings. The van der Waals surface area contributed by atoms with Crippen LogP contribution in [0, 0.1) is 11.3 Å². The van der Waals surface area contributed by atoms with Crippen LogP contribution in [0.4, 0.5) is 13.2 Å². The lowest BCUT2D eigenvalue weighted by atomic mass is 10.1. The zero-order valence-corrected chi connectivity index (χ0v) is 15.8. The number of H-pyrrole nitrogens is 2. The number of nitrogens with one attached hydrogen (secondary N) is 3. The highest BCUT2D eigenvalue weighted by Crippen LogP contribution is 2.27. The molecular formula is C18H13F3N8O2. The normalized spacial score (nSPS) is 12.7. The first-order valence-corrected chi connectivity index (χ1v) is 8.87. The van der Waals surface area contributed by atoms with Crippen molar-refractivity contribution in [1.82, 2.24) is 34.8 Å². The molecule has 0 fully saturated rings. The summed E-state index contributed by atoms with van der Waals surface area (Å²) < 4.78 is 38.2. The van der Waals surface area contributed by atoms with Gasteiger partial charge >= 0.3 is 11.9 Å². The van der Waals surface area contributed by atoms with Gasteiger partial charge in [0.25, 0.3) is 0 Å². The van der Waals surface area contributed by atoms with Crippen LogP contribution in [-0.4, -0.2) is 48.1 Å². The molecule has 0 spiro atoms. The summed E-state index contributed by atoms with van der Waals surface area (Å²) in [6.07, 6.45) is -0.274. The van der Waals surface area contributed by atoms with Crippen LogP contribution in [-0.2, 0) is 4.79 Å². The van der Waals surface area contributed by atoms with Gasteiger partial charge in [-0.3, -0.25) is 9.36 Å². The number of hydrogen-bond donors (Lipinski definition) is 3. The third-order valence-electron chi connectivity index (χ3n) is 4.59. The van der Waals surface area contributed by atoms with Crippen molar-refractivity contribution in [2.45, 2.75) is 19.1 Å². The molecule has 0 radical (unpaired) electrons. The van der Waals surface area contributed by atoms with E-state index in [0.29, 0.717) is 22.2 Å². The van der Waals surface area contributed by atoms with Crippen molar-refractivity contribution in [3.63, 3.8) is 0 Å². The maximum absolute atomic E-state index is 12.4. The minimum atomic E-state index is -4.58. The average Bonchev–Trinajstić information content (AvgIpc) is 3.29. The number of carbonyl (C=O) groups excluding carboxylic acids is 1. The van der Waals surface area contributed by atoms with Gasteiger partial charge < -0.3 is 15.3 Å². The third-order valence-corrected chi connectivity index (χ3v) is 4.59. The average molecular weight is 430 g/mol. The Morgan fingerprint density at radius 1 is 1.35 bits per heavy atom. The second kappa shape index (κ2) is 7.24. The second-order valence-electron chi connectivity index (χ2n) is 6.67. The summed E-state index contributed by atoms with van der Waals surface area (Å²) >= 11 is 0. The summed E-state index contributed by atoms with van der Waals surface area (Å²) in [6.45, 7) is -0.228. The minimum Gasteiger partial charge on any atom is -0.345 e. The Morgan fingerprint density at radius 2 is 2.13 bits per heavy atom. The van der Waals surface area contributed by atoms with Crippen LogP contribution in [0.15, 0.2) is 29.5 Å². The fourth-order valence-electron chi connectivity index (χ4n) is 3.11. The predicted octanol–water partition coefficient (Wildman–Crippen LogP) is 1.77. The summed E-state index contributed by atoms with van der Waals surface area (Å²) in [4.78, 5) is 42.6. The molecule has 4 rings (SSSR count). The monoisotopic (exact) mass is 430 g/mol. The number of aromatic amines is 2. The lowest BCUT2D eigenvalue weighted by Gasteiger charge is -2.14. The third kappa shape index (κ3) is 3.70. The van der Waals surface area contributed by atoms with Gasteiger partial charge in [-0.2, -0.15) is 18.4 Å². The van der Waals surface area contributed by atoms with E-state index in [1.54, 1.807) is 17.6 Å². The minimum absolute atomic E-state index is 0.0448. The number of amides is 1. The molecule has 31 heavy (non-hydrogen) atoms. The first kappa shape index (κ1) is 20.1. The van der Waals surface area contributed by atoms with Crippen LogP contribution in [0.1, 0.15) is 18.5 Å². The molecule has 1 atom stereocenters. The molecule has 0 saturated carbocycles. The van der Waals surface area contributed by atoms with E-state index < -0.39 is 30.4 Å². The van der Waals surface area contributed by atoms with Crippen LogP contribution >= 0.6 is 0 Å². The molecule has 4 aromatic rings. The standard InChI is InChI=1S/C18H13F3N8O2/c1-8(16(30)26-7-18(19,20)21)29-15-12(27-17(29)31)6-25-14(28-15)11-5-24-13-10(11)2-9(3-22)4-23-13/h2,4-6,8H,7H2,1H3,(H,23,24)(H,26,30)(H,27,31). The van der Waals surface area contributed by atoms with Crippen LogP contribution < -0.4 is 11.0 Å². The van der Waals surface area contributed by atoms with Gasteiger partial charge in [-0.1, -0.05) is 0 Å². The number of fused-ring (bicyclic) bond motifs is 2. The molecule has 10 nitrogen and oxygen atoms in total. The van der Waals surface area contributed by atoms with Gasteiger partial charge in [0.15, 0.2) is 11.5 Å². The van der Waals surface area contributed by atoms with E-state index in [9.17, 15) is 22.8 Å². The molecule has 4 heterocycles. The maximum atomic E-state index is 12.4. The zero-order valence-electron chi connectivity index (χ0n) is 15.8. The number of halogens is 3. The number of nitrogens with zero attached hydrogens (tertiary/aromatic N) is 5. The fourth-order valence-corrected chi connectivity index (χ4v) is 3.11. The largest absolute Gasteiger partial charge is 0.405 e. The lowest BCUT2D eigenvalue weighted by molar-refractivity contribution is -0.140. The van der Waals surface area contributed by atoms with Crippen molar-refractivity contribution < 1.29 is 18.0 Å². The predicted molar refractivity (Wildman–Crippen MR) is 102 cm³/mol. The van der Waals surface area contributed by atoms with E-state index in [2.05, 4.69) is 24.9 Å². The van der Waals surface area contributed by atoms with E-state index in [1.807, 2.05) is 6.07 Å². The molecule has 1 amide bonds. The van der Waals surface area contributed by atoms with E-state index in [4.69, 9.17) is 5.26 Å². The van der Waals surface area contributed by atoms with Gasteiger partial charge in [-0.15, -0.1) is 0 Å². The van der Waals surface area contributed by atoms with Gasteiger partial charge in [0.1, 0.15) is 29.8 Å². The molecule has 0 aromatic carbocycles. The molecule has 3 N–H and O–H groups in total. The maximum Gasteiger partial charge on any atom is 0.405 e. The number of hydrogen-bond acceptors (Lipinski definition) is 6. The highest BCUT2D eigenvalue weighted by molar-refractivity contribution is 5.93. The summed E-state index contributed by atoms with van der Waals surface area (Å²) in [5, 5.41) is 11.4. The highest BCUT2D eigenvalue weighted by Gasteiger charge is 2.30. The Labute approximate surface area is 170 Å². The van der Waals surface area contributed by atoms with Crippen molar-refractivity contribution in [3.8, 4) is 17.5 Å². The Hall–Kier alpha value is -4.21. The van der Waals surface area contributed by atoms with Crippen molar-refractivity contribution in [1.29, 1.82) is 5.26 Å². The molecule has 4 aromatic heterocycles. The van der Waals surface area contributed by atoms with Crippen LogP contribution in [0.3, 0.4) is 0 Å². The molecule has 0 saturated heterocycles. The molecule has 0 aliphatic heterocycles.